The zero-order valence-electron chi connectivity index (χ0n) is 5.17. The van der Waals surface area contributed by atoms with Gasteiger partial charge in [-0.15, -0.1) is 0 Å². The van der Waals surface area contributed by atoms with Crippen molar-refractivity contribution in [2.75, 3.05) is 21.3 Å². The average molecular weight is 183 g/mol. The molecule has 0 saturated carbocycles. The van der Waals surface area contributed by atoms with Crippen molar-refractivity contribution >= 4 is 0 Å². The van der Waals surface area contributed by atoms with Gasteiger partial charge in [-0.25, -0.2) is 0 Å². The van der Waals surface area contributed by atoms with Crippen molar-refractivity contribution in [3.05, 3.63) is 0 Å². The molecule has 0 spiro atoms. The van der Waals surface area contributed by atoms with E-state index < -0.39 is 0 Å². The van der Waals surface area contributed by atoms with Gasteiger partial charge in [0, 0.05) is 39.9 Å². The van der Waals surface area contributed by atoms with Gasteiger partial charge in [-0.2, -0.15) is 0 Å². The molecule has 0 heterocycles. The van der Waals surface area contributed by atoms with Gasteiger partial charge < -0.3 is 27.7 Å². The van der Waals surface area contributed by atoms with Gasteiger partial charge in [0.15, 0.2) is 0 Å². The summed E-state index contributed by atoms with van der Waals surface area (Å²) in [4.78, 5) is 0. The van der Waals surface area contributed by atoms with Crippen LogP contribution in [-0.2, 0) is 18.6 Å². The SMILES string of the molecule is CO.CO.CO.[Cl-].[V]. The topological polar surface area (TPSA) is 60.7 Å². The van der Waals surface area contributed by atoms with E-state index in [2.05, 4.69) is 0 Å². The van der Waals surface area contributed by atoms with Gasteiger partial charge >= 0.3 is 0 Å². The zero-order valence-corrected chi connectivity index (χ0v) is 7.32. The molecule has 55 valence electrons. The van der Waals surface area contributed by atoms with Crippen molar-refractivity contribution in [3.8, 4) is 0 Å². The molecule has 0 aromatic rings. The number of rotatable bonds is 0. The van der Waals surface area contributed by atoms with Crippen molar-refractivity contribution in [2.24, 2.45) is 0 Å². The molecule has 0 atom stereocenters. The van der Waals surface area contributed by atoms with Crippen LogP contribution in [0.5, 0.6) is 0 Å². The Morgan fingerprint density at radius 2 is 0.625 bits per heavy atom. The summed E-state index contributed by atoms with van der Waals surface area (Å²) in [7, 11) is 3.00. The van der Waals surface area contributed by atoms with Crippen LogP contribution in [0.2, 0.25) is 0 Å². The Morgan fingerprint density at radius 1 is 0.625 bits per heavy atom. The Hall–Kier alpha value is 0.754. The number of hydrogen-bond donors (Lipinski definition) is 3. The summed E-state index contributed by atoms with van der Waals surface area (Å²) in [6.07, 6.45) is 0. The maximum atomic E-state index is 7.00. The molecule has 0 bridgehead atoms. The molecule has 8 heavy (non-hydrogen) atoms. The summed E-state index contributed by atoms with van der Waals surface area (Å²) in [5.41, 5.74) is 0. The van der Waals surface area contributed by atoms with Crippen LogP contribution in [0.3, 0.4) is 0 Å². The van der Waals surface area contributed by atoms with Crippen LogP contribution >= 0.6 is 0 Å². The van der Waals surface area contributed by atoms with Crippen molar-refractivity contribution in [3.63, 3.8) is 0 Å². The molecule has 0 fully saturated rings. The predicted molar refractivity (Wildman–Crippen MR) is 24.4 cm³/mol. The normalized spacial score (nSPS) is 2.25. The molecule has 0 aliphatic carbocycles. The van der Waals surface area contributed by atoms with Crippen LogP contribution in [0, 0.1) is 0 Å². The minimum absolute atomic E-state index is 0. The van der Waals surface area contributed by atoms with Gasteiger partial charge in [0.05, 0.1) is 0 Å². The standard InChI is InChI=1S/3CH4O.ClH.V/c3*1-2;;/h3*2H,1H3;1H;/p-1. The minimum atomic E-state index is 0. The maximum Gasteiger partial charge on any atom is 0.0319 e. The van der Waals surface area contributed by atoms with Gasteiger partial charge in [0.25, 0.3) is 0 Å². The third-order valence-electron chi connectivity index (χ3n) is 0. The second kappa shape index (κ2) is 622. The summed E-state index contributed by atoms with van der Waals surface area (Å²) in [5.74, 6) is 0. The van der Waals surface area contributed by atoms with Crippen molar-refractivity contribution in [2.45, 2.75) is 0 Å². The quantitative estimate of drug-likeness (QED) is 0.356. The third kappa shape index (κ3) is 393. The summed E-state index contributed by atoms with van der Waals surface area (Å²) in [5, 5.41) is 21.0. The zero-order chi connectivity index (χ0) is 6.00. The molecule has 0 aromatic heterocycles. The van der Waals surface area contributed by atoms with Crippen molar-refractivity contribution in [1.29, 1.82) is 0 Å². The fourth-order valence-electron chi connectivity index (χ4n) is 0. The first-order valence-electron chi connectivity index (χ1n) is 1.34. The molecule has 0 aromatic carbocycles. The van der Waals surface area contributed by atoms with Gasteiger partial charge in [0.1, 0.15) is 0 Å². The summed E-state index contributed by atoms with van der Waals surface area (Å²) < 4.78 is 0. The summed E-state index contributed by atoms with van der Waals surface area (Å²) >= 11 is 0. The van der Waals surface area contributed by atoms with Crippen LogP contribution in [0.25, 0.3) is 0 Å². The Morgan fingerprint density at radius 3 is 0.625 bits per heavy atom. The largest absolute Gasteiger partial charge is 1.00 e. The fraction of sp³-hybridized carbons (Fsp3) is 1.00. The third-order valence-corrected chi connectivity index (χ3v) is 0. The first-order valence-corrected chi connectivity index (χ1v) is 1.34. The van der Waals surface area contributed by atoms with Crippen molar-refractivity contribution in [1.82, 2.24) is 0 Å². The number of hydrogen-bond acceptors (Lipinski definition) is 3. The molecule has 5 heteroatoms. The van der Waals surface area contributed by atoms with Crippen molar-refractivity contribution < 1.29 is 46.3 Å². The van der Waals surface area contributed by atoms with Gasteiger partial charge in [-0.1, -0.05) is 0 Å². The van der Waals surface area contributed by atoms with E-state index in [1.165, 1.54) is 0 Å². The van der Waals surface area contributed by atoms with Gasteiger partial charge in [-0.3, -0.25) is 0 Å². The molecule has 3 N–H and O–H groups in total. The van der Waals surface area contributed by atoms with E-state index in [0.717, 1.165) is 21.3 Å². The van der Waals surface area contributed by atoms with Gasteiger partial charge in [0.2, 0.25) is 0 Å². The van der Waals surface area contributed by atoms with Crippen LogP contribution in [-0.4, -0.2) is 36.6 Å². The molecular formula is C3H12ClO3V-. The van der Waals surface area contributed by atoms with E-state index in [9.17, 15) is 0 Å². The molecule has 0 rings (SSSR count). The second-order valence-electron chi connectivity index (χ2n) is 0. The van der Waals surface area contributed by atoms with E-state index >= 15 is 0 Å². The summed E-state index contributed by atoms with van der Waals surface area (Å²) in [6.45, 7) is 0. The predicted octanol–water partition coefficient (Wildman–Crippen LogP) is -4.17. The molecular weight excluding hydrogens is 170 g/mol. The molecule has 3 nitrogen and oxygen atoms in total. The Bertz CT molecular complexity index is 14.5. The number of halogens is 1. The molecule has 0 aliphatic rings. The monoisotopic (exact) mass is 182 g/mol. The number of aliphatic hydroxyl groups is 3. The van der Waals surface area contributed by atoms with E-state index in [4.69, 9.17) is 15.3 Å². The molecule has 0 aliphatic heterocycles. The maximum absolute atomic E-state index is 7.00. The van der Waals surface area contributed by atoms with Crippen LogP contribution in [0.15, 0.2) is 0 Å². The van der Waals surface area contributed by atoms with Crippen LogP contribution < -0.4 is 12.4 Å². The van der Waals surface area contributed by atoms with E-state index in [0.29, 0.717) is 0 Å². The number of aliphatic hydroxyl groups excluding tert-OH is 3. The smallest absolute Gasteiger partial charge is 0.0319 e. The van der Waals surface area contributed by atoms with Crippen LogP contribution in [0.1, 0.15) is 0 Å². The Balaban J connectivity index is -0.00000000500. The Labute approximate surface area is 68.0 Å². The first-order chi connectivity index (χ1) is 3.00. The van der Waals surface area contributed by atoms with E-state index in [1.54, 1.807) is 0 Å². The Kier molecular flexibility index (Phi) is 2900. The van der Waals surface area contributed by atoms with Crippen LogP contribution in [0.4, 0.5) is 0 Å². The average Bonchev–Trinajstić information content (AvgIpc) is 1.81. The molecule has 0 unspecified atom stereocenters. The molecule has 0 saturated heterocycles. The second-order valence-corrected chi connectivity index (χ2v) is 0. The fourth-order valence-corrected chi connectivity index (χ4v) is 0. The van der Waals surface area contributed by atoms with Gasteiger partial charge in [-0.05, 0) is 0 Å². The van der Waals surface area contributed by atoms with E-state index in [-0.39, 0.29) is 31.0 Å². The minimum Gasteiger partial charge on any atom is -1.00 e. The molecule has 0 amide bonds. The first kappa shape index (κ1) is 37.3. The van der Waals surface area contributed by atoms with E-state index in [1.807, 2.05) is 0 Å². The summed E-state index contributed by atoms with van der Waals surface area (Å²) in [6, 6.07) is 0. The molecule has 1 radical (unpaired) electrons.